The van der Waals surface area contributed by atoms with Gasteiger partial charge in [-0.05, 0) is 23.9 Å². The molecule has 0 N–H and O–H groups in total. The van der Waals surface area contributed by atoms with Gasteiger partial charge in [0, 0.05) is 7.05 Å². The Morgan fingerprint density at radius 1 is 1.11 bits per heavy atom. The SMILES string of the molecule is C[C@@H](c1ccccc1)N(C)c1ncnc2sccc12. The maximum Gasteiger partial charge on any atom is 0.141 e. The lowest BCUT2D eigenvalue weighted by molar-refractivity contribution is 0.731. The van der Waals surface area contributed by atoms with Crippen molar-refractivity contribution in [3.05, 3.63) is 53.7 Å². The molecular formula is C15H15N3S. The monoisotopic (exact) mass is 269 g/mol. The summed E-state index contributed by atoms with van der Waals surface area (Å²) >= 11 is 1.65. The number of nitrogens with zero attached hydrogens (tertiary/aromatic N) is 3. The van der Waals surface area contributed by atoms with Crippen LogP contribution in [0.3, 0.4) is 0 Å². The Morgan fingerprint density at radius 2 is 1.89 bits per heavy atom. The minimum Gasteiger partial charge on any atom is -0.352 e. The molecule has 3 aromatic rings. The second-order valence-electron chi connectivity index (χ2n) is 4.53. The Labute approximate surface area is 116 Å². The highest BCUT2D eigenvalue weighted by molar-refractivity contribution is 7.16. The van der Waals surface area contributed by atoms with E-state index in [0.29, 0.717) is 0 Å². The van der Waals surface area contributed by atoms with Gasteiger partial charge in [-0.2, -0.15) is 0 Å². The lowest BCUT2D eigenvalue weighted by Gasteiger charge is -2.26. The Balaban J connectivity index is 2.00. The number of hydrogen-bond donors (Lipinski definition) is 0. The van der Waals surface area contributed by atoms with Gasteiger partial charge in [0.25, 0.3) is 0 Å². The average molecular weight is 269 g/mol. The number of fused-ring (bicyclic) bond motifs is 1. The third-order valence-corrected chi connectivity index (χ3v) is 4.26. The number of anilines is 1. The summed E-state index contributed by atoms with van der Waals surface area (Å²) < 4.78 is 0. The van der Waals surface area contributed by atoms with Crippen molar-refractivity contribution < 1.29 is 0 Å². The molecule has 19 heavy (non-hydrogen) atoms. The van der Waals surface area contributed by atoms with Crippen LogP contribution >= 0.6 is 11.3 Å². The molecule has 0 amide bonds. The number of rotatable bonds is 3. The first-order valence-electron chi connectivity index (χ1n) is 6.23. The molecule has 3 nitrogen and oxygen atoms in total. The summed E-state index contributed by atoms with van der Waals surface area (Å²) in [6.07, 6.45) is 1.64. The van der Waals surface area contributed by atoms with E-state index in [1.165, 1.54) is 5.56 Å². The fraction of sp³-hybridized carbons (Fsp3) is 0.200. The van der Waals surface area contributed by atoms with E-state index in [1.54, 1.807) is 17.7 Å². The third-order valence-electron chi connectivity index (χ3n) is 3.44. The molecule has 96 valence electrons. The quantitative estimate of drug-likeness (QED) is 0.722. The van der Waals surface area contributed by atoms with Crippen molar-refractivity contribution in [2.75, 3.05) is 11.9 Å². The molecule has 2 aromatic heterocycles. The number of benzene rings is 1. The van der Waals surface area contributed by atoms with Crippen molar-refractivity contribution >= 4 is 27.4 Å². The minimum atomic E-state index is 0.277. The molecule has 0 saturated carbocycles. The standard InChI is InChI=1S/C15H15N3S/c1-11(12-6-4-3-5-7-12)18(2)14-13-8-9-19-15(13)17-10-16-14/h3-11H,1-2H3/t11-/m0/s1. The van der Waals surface area contributed by atoms with E-state index in [2.05, 4.69) is 64.6 Å². The smallest absolute Gasteiger partial charge is 0.141 e. The van der Waals surface area contributed by atoms with Gasteiger partial charge in [-0.3, -0.25) is 0 Å². The molecule has 2 heterocycles. The zero-order valence-corrected chi connectivity index (χ0v) is 11.8. The van der Waals surface area contributed by atoms with Gasteiger partial charge in [0.2, 0.25) is 0 Å². The van der Waals surface area contributed by atoms with Crippen LogP contribution in [0, 0.1) is 0 Å². The van der Waals surface area contributed by atoms with E-state index < -0.39 is 0 Å². The van der Waals surface area contributed by atoms with Gasteiger partial charge in [0.1, 0.15) is 17.0 Å². The second kappa shape index (κ2) is 4.97. The molecular weight excluding hydrogens is 254 g/mol. The van der Waals surface area contributed by atoms with Crippen molar-refractivity contribution in [3.63, 3.8) is 0 Å². The van der Waals surface area contributed by atoms with Crippen LogP contribution < -0.4 is 4.90 Å². The molecule has 0 aliphatic rings. The molecule has 1 atom stereocenters. The van der Waals surface area contributed by atoms with Gasteiger partial charge in [0.05, 0.1) is 11.4 Å². The zero-order valence-electron chi connectivity index (χ0n) is 10.9. The van der Waals surface area contributed by atoms with E-state index in [0.717, 1.165) is 16.0 Å². The van der Waals surface area contributed by atoms with Crippen LogP contribution in [0.15, 0.2) is 48.1 Å². The predicted molar refractivity (Wildman–Crippen MR) is 80.7 cm³/mol. The summed E-state index contributed by atoms with van der Waals surface area (Å²) in [4.78, 5) is 12.0. The summed E-state index contributed by atoms with van der Waals surface area (Å²) in [7, 11) is 2.08. The number of aromatic nitrogens is 2. The lowest BCUT2D eigenvalue weighted by atomic mass is 10.1. The van der Waals surface area contributed by atoms with Crippen LogP contribution in [-0.2, 0) is 0 Å². The maximum absolute atomic E-state index is 4.45. The average Bonchev–Trinajstić information content (AvgIpc) is 2.95. The Bertz CT molecular complexity index is 678. The molecule has 1 aromatic carbocycles. The number of thiophene rings is 1. The van der Waals surface area contributed by atoms with Crippen LogP contribution in [0.1, 0.15) is 18.5 Å². The van der Waals surface area contributed by atoms with Crippen molar-refractivity contribution in [3.8, 4) is 0 Å². The third kappa shape index (κ3) is 2.19. The zero-order chi connectivity index (χ0) is 13.2. The second-order valence-corrected chi connectivity index (χ2v) is 5.43. The Hall–Kier alpha value is -1.94. The topological polar surface area (TPSA) is 29.0 Å². The molecule has 0 radical (unpaired) electrons. The van der Waals surface area contributed by atoms with Crippen LogP contribution in [0.25, 0.3) is 10.2 Å². The first kappa shape index (κ1) is 12.1. The highest BCUT2D eigenvalue weighted by atomic mass is 32.1. The molecule has 0 aliphatic heterocycles. The molecule has 4 heteroatoms. The molecule has 0 unspecified atom stereocenters. The maximum atomic E-state index is 4.45. The largest absolute Gasteiger partial charge is 0.352 e. The summed E-state index contributed by atoms with van der Waals surface area (Å²) in [6.45, 7) is 2.19. The predicted octanol–water partition coefficient (Wildman–Crippen LogP) is 3.89. The van der Waals surface area contributed by atoms with Crippen LogP contribution in [0.5, 0.6) is 0 Å². The van der Waals surface area contributed by atoms with Gasteiger partial charge in [-0.15, -0.1) is 11.3 Å². The molecule has 0 saturated heterocycles. The van der Waals surface area contributed by atoms with E-state index in [9.17, 15) is 0 Å². The van der Waals surface area contributed by atoms with Gasteiger partial charge in [0.15, 0.2) is 0 Å². The molecule has 3 rings (SSSR count). The summed E-state index contributed by atoms with van der Waals surface area (Å²) in [6, 6.07) is 12.8. The Morgan fingerprint density at radius 3 is 2.68 bits per heavy atom. The summed E-state index contributed by atoms with van der Waals surface area (Å²) in [5.41, 5.74) is 1.28. The van der Waals surface area contributed by atoms with Gasteiger partial charge >= 0.3 is 0 Å². The van der Waals surface area contributed by atoms with E-state index in [1.807, 2.05) is 6.07 Å². The van der Waals surface area contributed by atoms with E-state index in [4.69, 9.17) is 0 Å². The minimum absolute atomic E-state index is 0.277. The number of hydrogen-bond acceptors (Lipinski definition) is 4. The van der Waals surface area contributed by atoms with E-state index in [-0.39, 0.29) is 6.04 Å². The highest BCUT2D eigenvalue weighted by Gasteiger charge is 2.16. The van der Waals surface area contributed by atoms with Crippen molar-refractivity contribution in [1.29, 1.82) is 0 Å². The first-order chi connectivity index (χ1) is 9.27. The van der Waals surface area contributed by atoms with Crippen molar-refractivity contribution in [2.45, 2.75) is 13.0 Å². The fourth-order valence-electron chi connectivity index (χ4n) is 2.20. The van der Waals surface area contributed by atoms with Crippen molar-refractivity contribution in [2.24, 2.45) is 0 Å². The van der Waals surface area contributed by atoms with Gasteiger partial charge in [-0.25, -0.2) is 9.97 Å². The normalized spacial score (nSPS) is 12.5. The highest BCUT2D eigenvalue weighted by Crippen LogP contribution is 2.30. The van der Waals surface area contributed by atoms with E-state index >= 15 is 0 Å². The Kier molecular flexibility index (Phi) is 3.17. The van der Waals surface area contributed by atoms with Crippen LogP contribution in [-0.4, -0.2) is 17.0 Å². The van der Waals surface area contributed by atoms with Crippen LogP contribution in [0.4, 0.5) is 5.82 Å². The lowest BCUT2D eigenvalue weighted by Crippen LogP contribution is -2.22. The summed E-state index contributed by atoms with van der Waals surface area (Å²) in [5.74, 6) is 0.989. The fourth-order valence-corrected chi connectivity index (χ4v) is 2.92. The molecule has 0 aliphatic carbocycles. The van der Waals surface area contributed by atoms with Gasteiger partial charge < -0.3 is 4.90 Å². The first-order valence-corrected chi connectivity index (χ1v) is 7.11. The van der Waals surface area contributed by atoms with Crippen molar-refractivity contribution in [1.82, 2.24) is 9.97 Å². The molecule has 0 spiro atoms. The van der Waals surface area contributed by atoms with Crippen LogP contribution in [0.2, 0.25) is 0 Å². The molecule has 0 fully saturated rings. The summed E-state index contributed by atoms with van der Waals surface area (Å²) in [5, 5.41) is 3.18. The van der Waals surface area contributed by atoms with Gasteiger partial charge in [-0.1, -0.05) is 30.3 Å². The molecule has 0 bridgehead atoms.